The fourth-order valence-corrected chi connectivity index (χ4v) is 4.48. The van der Waals surface area contributed by atoms with E-state index >= 15 is 0 Å². The largest absolute Gasteiger partial charge is 0.481 e. The van der Waals surface area contributed by atoms with Crippen molar-refractivity contribution in [2.75, 3.05) is 19.7 Å². The highest BCUT2D eigenvalue weighted by Gasteiger charge is 2.31. The molecule has 2 aromatic rings. The quantitative estimate of drug-likeness (QED) is 0.537. The molecule has 34 heavy (non-hydrogen) atoms. The van der Waals surface area contributed by atoms with E-state index in [1.807, 2.05) is 38.1 Å². The molecule has 0 fully saturated rings. The monoisotopic (exact) mass is 466 g/mol. The zero-order chi connectivity index (χ0) is 24.8. The Morgan fingerprint density at radius 1 is 1.00 bits per heavy atom. The number of hydrogen-bond donors (Lipinski definition) is 2. The third-order valence-electron chi connectivity index (χ3n) is 6.25. The Balaban J connectivity index is 1.68. The van der Waals surface area contributed by atoms with E-state index in [-0.39, 0.29) is 30.9 Å². The zero-order valence-electron chi connectivity index (χ0n) is 20.3. The second-order valence-electron chi connectivity index (χ2n) is 9.27. The van der Waals surface area contributed by atoms with Gasteiger partial charge in [-0.15, -0.1) is 0 Å². The van der Waals surface area contributed by atoms with Gasteiger partial charge in [0.15, 0.2) is 0 Å². The summed E-state index contributed by atoms with van der Waals surface area (Å²) >= 11 is 0. The van der Waals surface area contributed by atoms with Crippen LogP contribution < -0.4 is 5.32 Å². The molecule has 1 aliphatic rings. The fraction of sp³-hybridized carbons (Fsp3) is 0.444. The lowest BCUT2D eigenvalue weighted by molar-refractivity contribution is -0.143. The summed E-state index contributed by atoms with van der Waals surface area (Å²) in [6.07, 6.45) is -0.218. The van der Waals surface area contributed by atoms with Gasteiger partial charge >= 0.3 is 12.1 Å². The van der Waals surface area contributed by atoms with Gasteiger partial charge in [0.2, 0.25) is 5.91 Å². The lowest BCUT2D eigenvalue weighted by Gasteiger charge is -2.29. The van der Waals surface area contributed by atoms with Crippen molar-refractivity contribution in [2.45, 2.75) is 46.1 Å². The maximum atomic E-state index is 13.2. The molecule has 2 N–H and O–H groups in total. The number of aliphatic carboxylic acids is 1. The van der Waals surface area contributed by atoms with Crippen molar-refractivity contribution in [3.63, 3.8) is 0 Å². The number of alkyl carbamates (subject to hydrolysis) is 1. The molecule has 0 bridgehead atoms. The van der Waals surface area contributed by atoms with Gasteiger partial charge in [-0.3, -0.25) is 9.59 Å². The highest BCUT2D eigenvalue weighted by Crippen LogP contribution is 2.44. The van der Waals surface area contributed by atoms with Crippen LogP contribution in [-0.2, 0) is 14.3 Å². The highest BCUT2D eigenvalue weighted by atomic mass is 16.5. The van der Waals surface area contributed by atoms with Crippen molar-refractivity contribution in [1.29, 1.82) is 0 Å². The number of carboxylic acid groups (broad SMARTS) is 1. The Labute approximate surface area is 201 Å². The molecule has 0 saturated heterocycles. The zero-order valence-corrected chi connectivity index (χ0v) is 20.3. The molecule has 0 aliphatic heterocycles. The van der Waals surface area contributed by atoms with Gasteiger partial charge in [-0.05, 0) is 41.5 Å². The number of rotatable bonds is 10. The van der Waals surface area contributed by atoms with E-state index in [2.05, 4.69) is 29.6 Å². The van der Waals surface area contributed by atoms with E-state index in [1.165, 1.54) is 4.90 Å². The highest BCUT2D eigenvalue weighted by molar-refractivity contribution is 5.86. The van der Waals surface area contributed by atoms with Crippen molar-refractivity contribution in [3.05, 3.63) is 59.7 Å². The molecule has 0 spiro atoms. The number of nitrogens with one attached hydrogen (secondary N) is 1. The van der Waals surface area contributed by atoms with Gasteiger partial charge < -0.3 is 20.1 Å². The van der Waals surface area contributed by atoms with Crippen LogP contribution >= 0.6 is 0 Å². The van der Waals surface area contributed by atoms with Crippen molar-refractivity contribution in [2.24, 2.45) is 11.8 Å². The predicted octanol–water partition coefficient (Wildman–Crippen LogP) is 4.51. The van der Waals surface area contributed by atoms with Crippen molar-refractivity contribution in [3.8, 4) is 11.1 Å². The van der Waals surface area contributed by atoms with Crippen LogP contribution in [0, 0.1) is 11.8 Å². The molecule has 2 amide bonds. The first kappa shape index (κ1) is 25.3. The number of likely N-dealkylation sites (N-methyl/N-ethyl adjacent to an activating group) is 1. The van der Waals surface area contributed by atoms with Crippen molar-refractivity contribution in [1.82, 2.24) is 10.2 Å². The van der Waals surface area contributed by atoms with Crippen LogP contribution in [0.3, 0.4) is 0 Å². The van der Waals surface area contributed by atoms with Crippen LogP contribution in [0.4, 0.5) is 4.79 Å². The number of ether oxygens (including phenoxy) is 1. The first-order chi connectivity index (χ1) is 16.2. The van der Waals surface area contributed by atoms with Gasteiger partial charge in [0.1, 0.15) is 12.6 Å². The van der Waals surface area contributed by atoms with Crippen LogP contribution in [-0.4, -0.2) is 53.7 Å². The molecule has 0 radical (unpaired) electrons. The summed E-state index contributed by atoms with van der Waals surface area (Å²) in [5, 5.41) is 12.0. The molecule has 1 aliphatic carbocycles. The van der Waals surface area contributed by atoms with E-state index in [4.69, 9.17) is 4.74 Å². The summed E-state index contributed by atoms with van der Waals surface area (Å²) in [5.74, 6) is -1.87. The van der Waals surface area contributed by atoms with Crippen LogP contribution in [0.25, 0.3) is 11.1 Å². The Morgan fingerprint density at radius 3 is 2.06 bits per heavy atom. The summed E-state index contributed by atoms with van der Waals surface area (Å²) in [6.45, 7) is 7.91. The first-order valence-corrected chi connectivity index (χ1v) is 11.9. The summed E-state index contributed by atoms with van der Waals surface area (Å²) in [7, 11) is 0. The SMILES string of the molecule is CCN(CC(C)C(=O)O)C(=O)[C@@H](CC(C)C)NC(=O)OCC1c2ccccc2-c2ccccc21. The standard InChI is InChI=1S/C27H34N2O5/c1-5-29(15-18(4)26(31)32)25(30)24(14-17(2)3)28-27(33)34-16-23-21-12-8-6-10-19(21)20-11-7-9-13-22(20)23/h6-13,17-18,23-24H,5,14-16H2,1-4H3,(H,28,33)(H,31,32)/t18?,24-/m1/s1. The molecule has 2 atom stereocenters. The number of carboxylic acids is 1. The Hall–Kier alpha value is -3.35. The van der Waals surface area contributed by atoms with E-state index in [9.17, 15) is 19.5 Å². The average Bonchev–Trinajstić information content (AvgIpc) is 3.13. The first-order valence-electron chi connectivity index (χ1n) is 11.9. The third-order valence-corrected chi connectivity index (χ3v) is 6.25. The van der Waals surface area contributed by atoms with Gasteiger partial charge in [0.25, 0.3) is 0 Å². The molecular weight excluding hydrogens is 432 g/mol. The van der Waals surface area contributed by atoms with Crippen molar-refractivity contribution >= 4 is 18.0 Å². The topological polar surface area (TPSA) is 95.9 Å². The fourth-order valence-electron chi connectivity index (χ4n) is 4.48. The molecule has 0 heterocycles. The molecule has 3 rings (SSSR count). The Kier molecular flexibility index (Phi) is 8.31. The van der Waals surface area contributed by atoms with E-state index in [0.29, 0.717) is 13.0 Å². The minimum Gasteiger partial charge on any atom is -0.481 e. The number of fused-ring (bicyclic) bond motifs is 3. The normalized spacial score (nSPS) is 14.1. The maximum absolute atomic E-state index is 13.2. The predicted molar refractivity (Wildman–Crippen MR) is 131 cm³/mol. The summed E-state index contributed by atoms with van der Waals surface area (Å²) < 4.78 is 5.62. The van der Waals surface area contributed by atoms with Gasteiger partial charge in [0.05, 0.1) is 5.92 Å². The van der Waals surface area contributed by atoms with E-state index in [0.717, 1.165) is 22.3 Å². The molecule has 0 saturated carbocycles. The molecule has 1 unspecified atom stereocenters. The van der Waals surface area contributed by atoms with Crippen LogP contribution in [0.5, 0.6) is 0 Å². The molecule has 7 nitrogen and oxygen atoms in total. The second-order valence-corrected chi connectivity index (χ2v) is 9.27. The van der Waals surface area contributed by atoms with Crippen LogP contribution in [0.15, 0.2) is 48.5 Å². The number of amides is 2. The summed E-state index contributed by atoms with van der Waals surface area (Å²) in [5.41, 5.74) is 4.52. The van der Waals surface area contributed by atoms with Gasteiger partial charge in [0, 0.05) is 19.0 Å². The molecule has 2 aromatic carbocycles. The maximum Gasteiger partial charge on any atom is 0.407 e. The van der Waals surface area contributed by atoms with Gasteiger partial charge in [-0.2, -0.15) is 0 Å². The minimum atomic E-state index is -0.962. The minimum absolute atomic E-state index is 0.0686. The van der Waals surface area contributed by atoms with E-state index < -0.39 is 24.0 Å². The third kappa shape index (κ3) is 5.76. The molecule has 0 aromatic heterocycles. The Bertz CT molecular complexity index is 990. The summed E-state index contributed by atoms with van der Waals surface area (Å²) in [6, 6.07) is 15.4. The number of benzene rings is 2. The lowest BCUT2D eigenvalue weighted by Crippen LogP contribution is -2.50. The number of hydrogen-bond acceptors (Lipinski definition) is 4. The molecule has 7 heteroatoms. The van der Waals surface area contributed by atoms with E-state index in [1.54, 1.807) is 13.8 Å². The number of carbonyl (C=O) groups excluding carboxylic acids is 2. The molecule has 182 valence electrons. The van der Waals surface area contributed by atoms with Gasteiger partial charge in [-0.25, -0.2) is 4.79 Å². The second kappa shape index (κ2) is 11.2. The lowest BCUT2D eigenvalue weighted by atomic mass is 9.98. The number of nitrogens with zero attached hydrogens (tertiary/aromatic N) is 1. The Morgan fingerprint density at radius 2 is 1.56 bits per heavy atom. The van der Waals surface area contributed by atoms with Gasteiger partial charge in [-0.1, -0.05) is 69.3 Å². The average molecular weight is 467 g/mol. The van der Waals surface area contributed by atoms with Crippen LogP contribution in [0.2, 0.25) is 0 Å². The smallest absolute Gasteiger partial charge is 0.407 e. The van der Waals surface area contributed by atoms with Crippen LogP contribution in [0.1, 0.15) is 51.2 Å². The van der Waals surface area contributed by atoms with Crippen molar-refractivity contribution < 1.29 is 24.2 Å². The summed E-state index contributed by atoms with van der Waals surface area (Å²) in [4.78, 5) is 38.7. The molecular formula is C27H34N2O5. The number of carbonyl (C=O) groups is 3.